The van der Waals surface area contributed by atoms with Crippen molar-refractivity contribution in [1.29, 1.82) is 0 Å². The van der Waals surface area contributed by atoms with Gasteiger partial charge in [-0.25, -0.2) is 13.5 Å². The number of carbonyl (C=O) groups is 3. The molecule has 1 aromatic carbocycles. The molecule has 1 saturated carbocycles. The van der Waals surface area contributed by atoms with Crippen LogP contribution in [-0.4, -0.2) is 40.6 Å². The molecule has 0 saturated heterocycles. The highest BCUT2D eigenvalue weighted by atomic mass is 19.1. The summed E-state index contributed by atoms with van der Waals surface area (Å²) in [5.41, 5.74) is 0.349. The average Bonchev–Trinajstić information content (AvgIpc) is 3.45. The lowest BCUT2D eigenvalue weighted by Gasteiger charge is -2.20. The molecule has 0 spiro atoms. The Bertz CT molecular complexity index is 1110. The van der Waals surface area contributed by atoms with Crippen LogP contribution in [0, 0.1) is 17.0 Å². The van der Waals surface area contributed by atoms with E-state index in [2.05, 4.69) is 10.4 Å². The minimum Gasteiger partial charge on any atom is -0.465 e. The number of benzene rings is 1. The first-order chi connectivity index (χ1) is 15.1. The largest absolute Gasteiger partial charge is 0.465 e. The van der Waals surface area contributed by atoms with Gasteiger partial charge in [0, 0.05) is 17.5 Å². The summed E-state index contributed by atoms with van der Waals surface area (Å²) in [6.07, 6.45) is 2.68. The molecular weight excluding hydrogens is 420 g/mol. The fraction of sp³-hybridized carbons (Fsp3) is 0.478. The maximum atomic E-state index is 14.5. The Labute approximate surface area is 184 Å². The molecule has 2 bridgehead atoms. The van der Waals surface area contributed by atoms with Gasteiger partial charge in [0.25, 0.3) is 5.91 Å². The van der Waals surface area contributed by atoms with E-state index >= 15 is 0 Å². The average molecular weight is 445 g/mol. The fourth-order valence-electron chi connectivity index (χ4n) is 4.63. The lowest BCUT2D eigenvalue weighted by Crippen LogP contribution is -2.42. The van der Waals surface area contributed by atoms with E-state index in [9.17, 15) is 23.2 Å². The van der Waals surface area contributed by atoms with Gasteiger partial charge < -0.3 is 10.1 Å². The molecule has 1 heterocycles. The second-order valence-electron chi connectivity index (χ2n) is 8.81. The van der Waals surface area contributed by atoms with Gasteiger partial charge in [0.15, 0.2) is 17.3 Å². The van der Waals surface area contributed by atoms with Crippen molar-refractivity contribution in [1.82, 2.24) is 15.1 Å². The van der Waals surface area contributed by atoms with Crippen molar-refractivity contribution in [2.45, 2.75) is 51.9 Å². The van der Waals surface area contributed by atoms with Gasteiger partial charge in [0.05, 0.1) is 18.8 Å². The zero-order valence-electron chi connectivity index (χ0n) is 18.2. The molecule has 9 heteroatoms. The molecule has 2 aliphatic rings. The van der Waals surface area contributed by atoms with E-state index in [1.54, 1.807) is 6.92 Å². The molecule has 2 atom stereocenters. The van der Waals surface area contributed by atoms with E-state index in [0.29, 0.717) is 0 Å². The van der Waals surface area contributed by atoms with E-state index in [1.807, 2.05) is 0 Å². The summed E-state index contributed by atoms with van der Waals surface area (Å²) in [6, 6.07) is 3.24. The third-order valence-electron chi connectivity index (χ3n) is 6.43. The number of aromatic nitrogens is 2. The molecule has 32 heavy (non-hydrogen) atoms. The first kappa shape index (κ1) is 22.1. The quantitative estimate of drug-likeness (QED) is 0.521. The predicted octanol–water partition coefficient (Wildman–Crippen LogP) is 3.40. The number of rotatable bonds is 7. The zero-order chi connectivity index (χ0) is 23.2. The number of Topliss-reactive ketones (excluding diaryl/α,β-unsaturated/α-hetero) is 1. The highest BCUT2D eigenvalue weighted by Gasteiger charge is 2.44. The molecule has 2 aromatic rings. The van der Waals surface area contributed by atoms with Crippen LogP contribution in [0.1, 0.15) is 73.6 Å². The van der Waals surface area contributed by atoms with Gasteiger partial charge in [0.1, 0.15) is 16.9 Å². The highest BCUT2D eigenvalue weighted by Crippen LogP contribution is 2.54. The monoisotopic (exact) mass is 445 g/mol. The van der Waals surface area contributed by atoms with E-state index in [-0.39, 0.29) is 36.4 Å². The van der Waals surface area contributed by atoms with Crippen molar-refractivity contribution in [3.05, 3.63) is 46.8 Å². The van der Waals surface area contributed by atoms with Crippen LogP contribution in [0.15, 0.2) is 18.2 Å². The Morgan fingerprint density at radius 1 is 1.22 bits per heavy atom. The normalized spacial score (nSPS) is 19.0. The lowest BCUT2D eigenvalue weighted by molar-refractivity contribution is -0.157. The number of halogens is 2. The summed E-state index contributed by atoms with van der Waals surface area (Å²) in [5.74, 6) is -2.89. The molecule has 4 rings (SSSR count). The third kappa shape index (κ3) is 3.59. The van der Waals surface area contributed by atoms with Gasteiger partial charge in [-0.1, -0.05) is 0 Å². The minimum atomic E-state index is -1.40. The van der Waals surface area contributed by atoms with Crippen molar-refractivity contribution in [2.75, 3.05) is 13.2 Å². The van der Waals surface area contributed by atoms with Crippen LogP contribution >= 0.6 is 0 Å². The van der Waals surface area contributed by atoms with Crippen molar-refractivity contribution in [3.63, 3.8) is 0 Å². The number of fused-ring (bicyclic) bond motifs is 5. The lowest BCUT2D eigenvalue weighted by atomic mass is 9.88. The van der Waals surface area contributed by atoms with Crippen molar-refractivity contribution < 1.29 is 27.9 Å². The van der Waals surface area contributed by atoms with Crippen LogP contribution in [0.5, 0.6) is 0 Å². The van der Waals surface area contributed by atoms with Gasteiger partial charge in [-0.3, -0.25) is 14.4 Å². The molecule has 170 valence electrons. The van der Waals surface area contributed by atoms with Crippen molar-refractivity contribution in [2.24, 2.45) is 5.41 Å². The summed E-state index contributed by atoms with van der Waals surface area (Å²) >= 11 is 0. The summed E-state index contributed by atoms with van der Waals surface area (Å²) in [5, 5.41) is 6.93. The second-order valence-corrected chi connectivity index (χ2v) is 8.81. The number of carbonyl (C=O) groups excluding carboxylic acids is 3. The van der Waals surface area contributed by atoms with E-state index in [4.69, 9.17) is 4.74 Å². The van der Waals surface area contributed by atoms with Crippen LogP contribution in [0.3, 0.4) is 0 Å². The topological polar surface area (TPSA) is 90.3 Å². The van der Waals surface area contributed by atoms with Gasteiger partial charge in [0.2, 0.25) is 0 Å². The summed E-state index contributed by atoms with van der Waals surface area (Å²) in [7, 11) is 0. The number of hydrogen-bond donors (Lipinski definition) is 1. The molecule has 1 amide bonds. The van der Waals surface area contributed by atoms with Crippen LogP contribution in [0.25, 0.3) is 5.69 Å². The number of ketones is 1. The number of amides is 1. The van der Waals surface area contributed by atoms with Crippen LogP contribution in [0.2, 0.25) is 0 Å². The summed E-state index contributed by atoms with van der Waals surface area (Å²) in [6.45, 7) is 4.32. The molecule has 1 aromatic heterocycles. The Morgan fingerprint density at radius 2 is 1.94 bits per heavy atom. The Kier molecular flexibility index (Phi) is 5.60. The molecule has 1 fully saturated rings. The van der Waals surface area contributed by atoms with Gasteiger partial charge in [-0.2, -0.15) is 5.10 Å². The predicted molar refractivity (Wildman–Crippen MR) is 111 cm³/mol. The molecule has 0 aliphatic heterocycles. The van der Waals surface area contributed by atoms with Crippen molar-refractivity contribution >= 4 is 17.7 Å². The van der Waals surface area contributed by atoms with Crippen molar-refractivity contribution in [3.8, 4) is 5.69 Å². The van der Waals surface area contributed by atoms with E-state index in [0.717, 1.165) is 42.7 Å². The number of nitrogens with one attached hydrogen (secondary N) is 1. The van der Waals surface area contributed by atoms with Crippen LogP contribution in [-0.2, 0) is 14.3 Å². The molecule has 7 nitrogen and oxygen atoms in total. The van der Waals surface area contributed by atoms with Gasteiger partial charge >= 0.3 is 5.97 Å². The van der Waals surface area contributed by atoms with Crippen LogP contribution < -0.4 is 5.32 Å². The molecule has 2 unspecified atom stereocenters. The first-order valence-corrected chi connectivity index (χ1v) is 10.7. The number of hydrogen-bond acceptors (Lipinski definition) is 5. The van der Waals surface area contributed by atoms with Gasteiger partial charge in [-0.05, 0) is 58.1 Å². The van der Waals surface area contributed by atoms with Crippen LogP contribution in [0.4, 0.5) is 8.78 Å². The van der Waals surface area contributed by atoms with Gasteiger partial charge in [-0.15, -0.1) is 0 Å². The highest BCUT2D eigenvalue weighted by molar-refractivity contribution is 6.06. The summed E-state index contributed by atoms with van der Waals surface area (Å²) in [4.78, 5) is 37.6. The Balaban J connectivity index is 1.61. The first-order valence-electron chi connectivity index (χ1n) is 10.7. The van der Waals surface area contributed by atoms with E-state index in [1.165, 1.54) is 24.6 Å². The fourth-order valence-corrected chi connectivity index (χ4v) is 4.63. The maximum absolute atomic E-state index is 14.5. The molecule has 0 radical (unpaired) electrons. The third-order valence-corrected chi connectivity index (χ3v) is 6.43. The zero-order valence-corrected chi connectivity index (χ0v) is 18.2. The number of nitrogens with zero attached hydrogens (tertiary/aromatic N) is 2. The Hall–Kier alpha value is -3.10. The summed E-state index contributed by atoms with van der Waals surface area (Å²) < 4.78 is 34.2. The standard InChI is InChI=1S/C23H25F2N3O4/c1-4-32-22(31)23(2,3)17(29)11-26-21(30)19-18-12-5-6-13(9-12)20(18)28(27-19)16-8-7-14(24)10-15(16)25/h7-8,10,12-13H,4-6,9,11H2,1-3H3,(H,26,30). The molecule has 2 aliphatic carbocycles. The Morgan fingerprint density at radius 3 is 2.62 bits per heavy atom. The maximum Gasteiger partial charge on any atom is 0.319 e. The number of ether oxygens (including phenoxy) is 1. The smallest absolute Gasteiger partial charge is 0.319 e. The minimum absolute atomic E-state index is 0.0776. The molecular formula is C23H25F2N3O4. The second kappa shape index (κ2) is 8.11. The number of esters is 1. The van der Waals surface area contributed by atoms with E-state index < -0.39 is 34.7 Å². The SMILES string of the molecule is CCOC(=O)C(C)(C)C(=O)CNC(=O)c1nn(-c2ccc(F)cc2F)c2c1C1CCC2C1. The molecule has 1 N–H and O–H groups in total.